The van der Waals surface area contributed by atoms with E-state index in [1.807, 2.05) is 0 Å². The predicted molar refractivity (Wildman–Crippen MR) is 62.9 cm³/mol. The molecule has 2 nitrogen and oxygen atoms in total. The summed E-state index contributed by atoms with van der Waals surface area (Å²) in [7, 11) is 0. The highest BCUT2D eigenvalue weighted by atomic mass is 15.2. The Kier molecular flexibility index (Phi) is 5.65. The Balaban J connectivity index is 1.91. The van der Waals surface area contributed by atoms with Crippen molar-refractivity contribution in [3.63, 3.8) is 0 Å². The van der Waals surface area contributed by atoms with Crippen LogP contribution in [0.1, 0.15) is 52.4 Å². The van der Waals surface area contributed by atoms with Crippen LogP contribution in [0.2, 0.25) is 0 Å². The van der Waals surface area contributed by atoms with Crippen molar-refractivity contribution >= 4 is 5.84 Å². The van der Waals surface area contributed by atoms with Gasteiger partial charge in [-0.1, -0.05) is 39.0 Å². The lowest BCUT2D eigenvalue weighted by molar-refractivity contribution is 0.429. The van der Waals surface area contributed by atoms with E-state index in [9.17, 15) is 0 Å². The van der Waals surface area contributed by atoms with Crippen molar-refractivity contribution in [1.29, 1.82) is 0 Å². The quantitative estimate of drug-likeness (QED) is 0.571. The van der Waals surface area contributed by atoms with Crippen molar-refractivity contribution in [1.82, 2.24) is 4.90 Å². The minimum absolute atomic E-state index is 1.02. The zero-order chi connectivity index (χ0) is 10.2. The second kappa shape index (κ2) is 6.86. The number of hydrogen-bond acceptors (Lipinski definition) is 2. The summed E-state index contributed by atoms with van der Waals surface area (Å²) in [6.45, 7) is 7.79. The van der Waals surface area contributed by atoms with Crippen LogP contribution >= 0.6 is 0 Å². The molecule has 0 atom stereocenters. The highest BCUT2D eigenvalue weighted by Crippen LogP contribution is 2.08. The summed E-state index contributed by atoms with van der Waals surface area (Å²) in [6, 6.07) is 0. The lowest BCUT2D eigenvalue weighted by atomic mass is 10.1. The van der Waals surface area contributed by atoms with Gasteiger partial charge in [0, 0.05) is 13.1 Å². The average molecular weight is 196 g/mol. The molecule has 1 rings (SSSR count). The van der Waals surface area contributed by atoms with Gasteiger partial charge in [-0.2, -0.15) is 0 Å². The number of aliphatic imine (C=N–C) groups is 1. The molecule has 1 aliphatic heterocycles. The molecule has 0 saturated heterocycles. The first kappa shape index (κ1) is 11.5. The van der Waals surface area contributed by atoms with Crippen LogP contribution in [0.15, 0.2) is 4.99 Å². The van der Waals surface area contributed by atoms with Crippen molar-refractivity contribution < 1.29 is 0 Å². The molecule has 0 amide bonds. The summed E-state index contributed by atoms with van der Waals surface area (Å²) < 4.78 is 0. The highest BCUT2D eigenvalue weighted by molar-refractivity contribution is 5.81. The Hall–Kier alpha value is -0.530. The van der Waals surface area contributed by atoms with Crippen LogP contribution in [0.25, 0.3) is 0 Å². The molecule has 0 aliphatic carbocycles. The minimum Gasteiger partial charge on any atom is -0.359 e. The van der Waals surface area contributed by atoms with Crippen molar-refractivity contribution in [3.05, 3.63) is 0 Å². The Morgan fingerprint density at radius 2 is 1.86 bits per heavy atom. The Bertz CT molecular complexity index is 175. The van der Waals surface area contributed by atoms with E-state index in [1.54, 1.807) is 0 Å². The fourth-order valence-corrected chi connectivity index (χ4v) is 1.95. The van der Waals surface area contributed by atoms with E-state index in [1.165, 1.54) is 50.9 Å². The van der Waals surface area contributed by atoms with E-state index in [0.29, 0.717) is 0 Å². The third-order valence-corrected chi connectivity index (χ3v) is 2.95. The molecule has 82 valence electrons. The lowest BCUT2D eigenvalue weighted by Crippen LogP contribution is -2.26. The summed E-state index contributed by atoms with van der Waals surface area (Å²) in [5.74, 6) is 1.25. The molecule has 0 bridgehead atoms. The van der Waals surface area contributed by atoms with Gasteiger partial charge in [0.2, 0.25) is 0 Å². The monoisotopic (exact) mass is 196 g/mol. The first-order valence-corrected chi connectivity index (χ1v) is 6.10. The normalized spacial score (nSPS) is 16.1. The van der Waals surface area contributed by atoms with Crippen molar-refractivity contribution in [3.8, 4) is 0 Å². The van der Waals surface area contributed by atoms with Gasteiger partial charge >= 0.3 is 0 Å². The van der Waals surface area contributed by atoms with Gasteiger partial charge < -0.3 is 4.90 Å². The van der Waals surface area contributed by atoms with Crippen molar-refractivity contribution in [2.24, 2.45) is 4.99 Å². The SMILES string of the molecule is CCCCCCCCN1CCN=C1C. The second-order valence-electron chi connectivity index (χ2n) is 4.18. The van der Waals surface area contributed by atoms with E-state index in [2.05, 4.69) is 23.7 Å². The molecule has 2 heteroatoms. The van der Waals surface area contributed by atoms with Crippen molar-refractivity contribution in [2.45, 2.75) is 52.4 Å². The average Bonchev–Trinajstić information content (AvgIpc) is 2.58. The zero-order valence-electron chi connectivity index (χ0n) is 9.76. The summed E-state index contributed by atoms with van der Waals surface area (Å²) in [5, 5.41) is 0. The number of hydrogen-bond donors (Lipinski definition) is 0. The number of unbranched alkanes of at least 4 members (excludes halogenated alkanes) is 5. The van der Waals surface area contributed by atoms with Gasteiger partial charge in [0.25, 0.3) is 0 Å². The summed E-state index contributed by atoms with van der Waals surface area (Å²) in [5.41, 5.74) is 0. The third kappa shape index (κ3) is 4.12. The van der Waals surface area contributed by atoms with Gasteiger partial charge in [0.05, 0.1) is 12.4 Å². The lowest BCUT2D eigenvalue weighted by Gasteiger charge is -2.17. The molecule has 1 heterocycles. The fraction of sp³-hybridized carbons (Fsp3) is 0.917. The van der Waals surface area contributed by atoms with Gasteiger partial charge in [-0.05, 0) is 13.3 Å². The van der Waals surface area contributed by atoms with Gasteiger partial charge in [0.15, 0.2) is 0 Å². The van der Waals surface area contributed by atoms with Crippen LogP contribution in [-0.2, 0) is 0 Å². The molecule has 0 radical (unpaired) electrons. The fourth-order valence-electron chi connectivity index (χ4n) is 1.95. The smallest absolute Gasteiger partial charge is 0.0958 e. The second-order valence-corrected chi connectivity index (χ2v) is 4.18. The third-order valence-electron chi connectivity index (χ3n) is 2.95. The summed E-state index contributed by atoms with van der Waals surface area (Å²) in [6.07, 6.45) is 8.32. The number of rotatable bonds is 7. The van der Waals surface area contributed by atoms with Crippen LogP contribution in [0.5, 0.6) is 0 Å². The Morgan fingerprint density at radius 3 is 2.50 bits per heavy atom. The highest BCUT2D eigenvalue weighted by Gasteiger charge is 2.10. The molecule has 0 aromatic heterocycles. The van der Waals surface area contributed by atoms with Gasteiger partial charge in [-0.15, -0.1) is 0 Å². The zero-order valence-corrected chi connectivity index (χ0v) is 9.76. The molecule has 14 heavy (non-hydrogen) atoms. The van der Waals surface area contributed by atoms with Gasteiger partial charge in [0.1, 0.15) is 0 Å². The topological polar surface area (TPSA) is 15.6 Å². The molecule has 0 N–H and O–H groups in total. The largest absolute Gasteiger partial charge is 0.359 e. The molecule has 1 aliphatic rings. The van der Waals surface area contributed by atoms with Crippen LogP contribution in [0.4, 0.5) is 0 Å². The van der Waals surface area contributed by atoms with Crippen molar-refractivity contribution in [2.75, 3.05) is 19.6 Å². The van der Waals surface area contributed by atoms with E-state index < -0.39 is 0 Å². The maximum Gasteiger partial charge on any atom is 0.0958 e. The standard InChI is InChI=1S/C12H24N2/c1-3-4-5-6-7-8-10-14-11-9-13-12(14)2/h3-11H2,1-2H3. The van der Waals surface area contributed by atoms with Crippen LogP contribution in [-0.4, -0.2) is 30.4 Å². The Morgan fingerprint density at radius 1 is 1.14 bits per heavy atom. The van der Waals surface area contributed by atoms with Gasteiger partial charge in [-0.3, -0.25) is 4.99 Å². The predicted octanol–water partition coefficient (Wildman–Crippen LogP) is 3.08. The first-order valence-electron chi connectivity index (χ1n) is 6.10. The minimum atomic E-state index is 1.02. The van der Waals surface area contributed by atoms with Crippen LogP contribution in [0.3, 0.4) is 0 Å². The summed E-state index contributed by atoms with van der Waals surface area (Å²) in [4.78, 5) is 6.80. The molecule has 0 unspecified atom stereocenters. The molecule has 0 fully saturated rings. The number of nitrogens with zero attached hydrogens (tertiary/aromatic N) is 2. The van der Waals surface area contributed by atoms with Crippen LogP contribution in [0, 0.1) is 0 Å². The van der Waals surface area contributed by atoms with E-state index in [-0.39, 0.29) is 0 Å². The molecule has 0 saturated carbocycles. The maximum absolute atomic E-state index is 4.39. The maximum atomic E-state index is 4.39. The molecule has 0 aromatic carbocycles. The van der Waals surface area contributed by atoms with Crippen LogP contribution < -0.4 is 0 Å². The van der Waals surface area contributed by atoms with Gasteiger partial charge in [-0.25, -0.2) is 0 Å². The first-order chi connectivity index (χ1) is 6.84. The summed E-state index contributed by atoms with van der Waals surface area (Å²) >= 11 is 0. The molecule has 0 spiro atoms. The van der Waals surface area contributed by atoms with E-state index in [4.69, 9.17) is 0 Å². The number of amidine groups is 1. The Labute approximate surface area is 88.4 Å². The molecule has 0 aromatic rings. The molecular weight excluding hydrogens is 172 g/mol. The van der Waals surface area contributed by atoms with E-state index in [0.717, 1.165) is 13.1 Å². The molecular formula is C12H24N2. The van der Waals surface area contributed by atoms with E-state index >= 15 is 0 Å².